The second-order valence-electron chi connectivity index (χ2n) is 9.23. The van der Waals surface area contributed by atoms with E-state index in [9.17, 15) is 0 Å². The van der Waals surface area contributed by atoms with Crippen LogP contribution in [-0.4, -0.2) is 16.4 Å². The van der Waals surface area contributed by atoms with Crippen LogP contribution in [0.4, 0.5) is 11.4 Å². The van der Waals surface area contributed by atoms with Gasteiger partial charge in [-0.2, -0.15) is 0 Å². The Hall–Kier alpha value is -0.559. The molecule has 0 saturated carbocycles. The van der Waals surface area contributed by atoms with Gasteiger partial charge in [-0.1, -0.05) is 74.7 Å². The molecule has 0 amide bonds. The molecule has 0 fully saturated rings. The summed E-state index contributed by atoms with van der Waals surface area (Å²) in [5.41, 5.74) is 13.0. The third-order valence-corrected chi connectivity index (χ3v) is 6.66. The monoisotopic (exact) mass is 734 g/mol. The molecule has 0 N–H and O–H groups in total. The van der Waals surface area contributed by atoms with Crippen LogP contribution in [0, 0.1) is 54.7 Å². The van der Waals surface area contributed by atoms with Crippen LogP contribution in [-0.2, 0) is 25.7 Å². The molecule has 1 aromatic heterocycles. The molecule has 3 rings (SSSR count). The van der Waals surface area contributed by atoms with Crippen LogP contribution < -0.4 is 37.2 Å². The maximum absolute atomic E-state index is 6.57. The smallest absolute Gasteiger partial charge is 1.00 e. The maximum atomic E-state index is 6.57. The first-order valence-electron chi connectivity index (χ1n) is 12.7. The predicted octanol–water partition coefficient (Wildman–Crippen LogP) is -0.105. The zero-order valence-corrected chi connectivity index (χ0v) is 30.4. The van der Waals surface area contributed by atoms with Gasteiger partial charge in [0.05, 0.1) is 34.2 Å². The molecule has 0 saturated heterocycles. The van der Waals surface area contributed by atoms with Crippen molar-refractivity contribution < 1.29 is 78.1 Å². The Morgan fingerprint density at radius 3 is 1.15 bits per heavy atom. The van der Waals surface area contributed by atoms with Crippen molar-refractivity contribution in [3.63, 3.8) is 0 Å². The molecule has 1 heterocycles. The molecule has 3 nitrogen and oxygen atoms in total. The number of hydrogen-bond donors (Lipinski definition) is 0. The number of nitrogens with zero attached hydrogens (tertiary/aromatic N) is 3. The second kappa shape index (κ2) is 18.8. The molecule has 8 heteroatoms. The topological polar surface area (TPSA) is 37.6 Å². The molecule has 0 unspecified atom stereocenters. The van der Waals surface area contributed by atoms with Crippen LogP contribution in [0.3, 0.4) is 0 Å². The Morgan fingerprint density at radius 2 is 0.897 bits per heavy atom. The van der Waals surface area contributed by atoms with Gasteiger partial charge in [-0.15, -0.1) is 0 Å². The van der Waals surface area contributed by atoms with E-state index >= 15 is 0 Å². The Bertz CT molecular complexity index is 1160. The van der Waals surface area contributed by atoms with E-state index in [1.807, 2.05) is 26.0 Å². The van der Waals surface area contributed by atoms with Gasteiger partial charge in [0.25, 0.3) is 0 Å². The van der Waals surface area contributed by atoms with Crippen molar-refractivity contribution in [2.75, 3.05) is 0 Å². The summed E-state index contributed by atoms with van der Waals surface area (Å²) in [5.74, 6) is 0. The summed E-state index contributed by atoms with van der Waals surface area (Å²) in [4.78, 5) is 15.1. The Morgan fingerprint density at radius 1 is 0.615 bits per heavy atom. The van der Waals surface area contributed by atoms with E-state index in [-0.39, 0.29) is 78.1 Å². The van der Waals surface area contributed by atoms with E-state index < -0.39 is 0 Å². The zero-order valence-electron chi connectivity index (χ0n) is 24.1. The van der Waals surface area contributed by atoms with Gasteiger partial charge in [0.1, 0.15) is 0 Å². The van der Waals surface area contributed by atoms with Crippen LogP contribution in [0.25, 0.3) is 0 Å². The summed E-state index contributed by atoms with van der Waals surface area (Å²) < 4.78 is 0. The van der Waals surface area contributed by atoms with Gasteiger partial charge in [-0.05, 0) is 87.8 Å². The Kier molecular flexibility index (Phi) is 19.5. The standard InChI is InChI=1S/C31H38ClN3.3ClH.Nd/c1-9-23-13-19(5)14-24(10-2)30(23)33-21(7)28-17-27(32)18-29(35-28)22(8)34-31-25(11-3)15-20(6)16-26(31)12-4;;;;/h13-18H,9-12H2,1-8H3;3*1H;/q;;;;+3/p-3. The van der Waals surface area contributed by atoms with Gasteiger partial charge in [0, 0.05) is 5.02 Å². The minimum absolute atomic E-state index is 0. The molecule has 39 heavy (non-hydrogen) atoms. The summed E-state index contributed by atoms with van der Waals surface area (Å²) in [6.45, 7) is 17.0. The number of rotatable bonds is 8. The van der Waals surface area contributed by atoms with Gasteiger partial charge in [0.15, 0.2) is 0 Å². The molecule has 1 radical (unpaired) electrons. The Labute approximate surface area is 291 Å². The molecule has 0 atom stereocenters. The maximum Gasteiger partial charge on any atom is 3.00 e. The molecule has 0 aliphatic carbocycles. The van der Waals surface area contributed by atoms with Crippen LogP contribution in [0.2, 0.25) is 5.02 Å². The molecule has 0 bridgehead atoms. The van der Waals surface area contributed by atoms with Gasteiger partial charge < -0.3 is 37.2 Å². The fourth-order valence-electron chi connectivity index (χ4n) is 4.55. The largest absolute Gasteiger partial charge is 3.00 e. The minimum Gasteiger partial charge on any atom is -1.00 e. The SMILES string of the molecule is CCc1cc(C)cc(CC)c1N=C(C)c1cc(Cl)cc(C(C)=Nc2c(CC)cc(C)cc2CC)n1.[Cl-].[Cl-].[Cl-].[Nd+3]. The zero-order chi connectivity index (χ0) is 25.7. The summed E-state index contributed by atoms with van der Waals surface area (Å²) in [5, 5.41) is 0.639. The first-order valence-corrected chi connectivity index (χ1v) is 13.1. The van der Waals surface area contributed by atoms with Crippen molar-refractivity contribution in [2.45, 2.75) is 81.1 Å². The summed E-state index contributed by atoms with van der Waals surface area (Å²) in [7, 11) is 0. The van der Waals surface area contributed by atoms with Crippen molar-refractivity contribution in [1.82, 2.24) is 4.98 Å². The summed E-state index contributed by atoms with van der Waals surface area (Å²) >= 11 is 6.57. The predicted molar refractivity (Wildman–Crippen MR) is 153 cm³/mol. The van der Waals surface area contributed by atoms with E-state index in [1.165, 1.54) is 33.4 Å². The van der Waals surface area contributed by atoms with Gasteiger partial charge in [-0.3, -0.25) is 9.98 Å². The van der Waals surface area contributed by atoms with Gasteiger partial charge in [0.2, 0.25) is 0 Å². The number of pyridine rings is 1. The first-order chi connectivity index (χ1) is 16.7. The summed E-state index contributed by atoms with van der Waals surface area (Å²) in [6.07, 6.45) is 3.77. The molecular formula is C31H38Cl4N3Nd. The quantitative estimate of drug-likeness (QED) is 0.298. The van der Waals surface area contributed by atoms with Crippen molar-refractivity contribution in [2.24, 2.45) is 9.98 Å². The van der Waals surface area contributed by atoms with Crippen molar-refractivity contribution in [3.05, 3.63) is 86.2 Å². The number of aromatic nitrogens is 1. The molecule has 0 aliphatic heterocycles. The van der Waals surface area contributed by atoms with E-state index in [0.29, 0.717) is 5.02 Å². The average molecular weight is 739 g/mol. The summed E-state index contributed by atoms with van der Waals surface area (Å²) in [6, 6.07) is 12.7. The minimum atomic E-state index is 0. The molecular weight excluding hydrogens is 700 g/mol. The first kappa shape index (κ1) is 40.6. The van der Waals surface area contributed by atoms with E-state index in [0.717, 1.165) is 59.9 Å². The van der Waals surface area contributed by atoms with E-state index in [2.05, 4.69) is 65.8 Å². The fraction of sp³-hybridized carbons (Fsp3) is 0.387. The number of aliphatic imine (C=N–C) groups is 2. The Balaban J connectivity index is 0. The number of halogens is 4. The van der Waals surface area contributed by atoms with Crippen LogP contribution in [0.5, 0.6) is 0 Å². The average Bonchev–Trinajstić information content (AvgIpc) is 2.84. The van der Waals surface area contributed by atoms with E-state index in [1.54, 1.807) is 0 Å². The van der Waals surface area contributed by atoms with Crippen molar-refractivity contribution in [1.29, 1.82) is 0 Å². The van der Waals surface area contributed by atoms with Crippen LogP contribution in [0.1, 0.15) is 86.3 Å². The third kappa shape index (κ3) is 10.3. The van der Waals surface area contributed by atoms with Crippen LogP contribution >= 0.6 is 11.6 Å². The molecule has 3 aromatic rings. The van der Waals surface area contributed by atoms with Crippen LogP contribution in [0.15, 0.2) is 46.4 Å². The fourth-order valence-corrected chi connectivity index (χ4v) is 4.76. The number of hydrogen-bond acceptors (Lipinski definition) is 3. The van der Waals surface area contributed by atoms with Crippen molar-refractivity contribution in [3.8, 4) is 0 Å². The second-order valence-corrected chi connectivity index (χ2v) is 9.66. The van der Waals surface area contributed by atoms with Gasteiger partial charge >= 0.3 is 40.8 Å². The molecule has 0 spiro atoms. The normalized spacial score (nSPS) is 11.1. The van der Waals surface area contributed by atoms with E-state index in [4.69, 9.17) is 26.6 Å². The third-order valence-electron chi connectivity index (χ3n) is 6.44. The molecule has 209 valence electrons. The number of benzene rings is 2. The van der Waals surface area contributed by atoms with Crippen molar-refractivity contribution >= 4 is 34.4 Å². The molecule has 2 aromatic carbocycles. The number of aryl methyl sites for hydroxylation is 6. The van der Waals surface area contributed by atoms with Gasteiger partial charge in [-0.25, -0.2) is 4.98 Å². The molecule has 0 aliphatic rings.